The molecule has 0 atom stereocenters. The molecule has 0 spiro atoms. The third kappa shape index (κ3) is 4.24. The highest BCUT2D eigenvalue weighted by molar-refractivity contribution is 5.86. The van der Waals surface area contributed by atoms with Gasteiger partial charge < -0.3 is 14.8 Å². The van der Waals surface area contributed by atoms with Crippen LogP contribution in [0.1, 0.15) is 5.56 Å². The summed E-state index contributed by atoms with van der Waals surface area (Å²) in [6.07, 6.45) is -1.31. The van der Waals surface area contributed by atoms with Crippen LogP contribution in [0.25, 0.3) is 0 Å². The van der Waals surface area contributed by atoms with E-state index in [4.69, 9.17) is 9.47 Å². The summed E-state index contributed by atoms with van der Waals surface area (Å²) in [6.45, 7) is 1.95. The number of benzene rings is 2. The Balaban J connectivity index is 2.05. The van der Waals surface area contributed by atoms with Crippen LogP contribution < -0.4 is 20.1 Å². The van der Waals surface area contributed by atoms with Crippen molar-refractivity contribution >= 4 is 17.9 Å². The summed E-state index contributed by atoms with van der Waals surface area (Å²) >= 11 is 0. The molecule has 0 unspecified atom stereocenters. The summed E-state index contributed by atoms with van der Waals surface area (Å²) in [5.41, 5.74) is 1.70. The molecule has 2 N–H and O–H groups in total. The lowest BCUT2D eigenvalue weighted by atomic mass is 10.2. The Labute approximate surface area is 128 Å². The molecule has 114 valence electrons. The molecule has 0 saturated heterocycles. The van der Waals surface area contributed by atoms with Crippen molar-refractivity contribution in [1.29, 1.82) is 0 Å². The first-order valence-corrected chi connectivity index (χ1v) is 6.62. The predicted octanol–water partition coefficient (Wildman–Crippen LogP) is 3.32. The van der Waals surface area contributed by atoms with Crippen molar-refractivity contribution in [3.8, 4) is 11.5 Å². The van der Waals surface area contributed by atoms with E-state index in [1.54, 1.807) is 24.3 Å². The van der Waals surface area contributed by atoms with Crippen LogP contribution in [-0.4, -0.2) is 19.2 Å². The molecule has 2 rings (SSSR count). The summed E-state index contributed by atoms with van der Waals surface area (Å²) in [4.78, 5) is 23.1. The van der Waals surface area contributed by atoms with Crippen molar-refractivity contribution in [2.45, 2.75) is 6.92 Å². The molecule has 0 heterocycles. The molecule has 6 heteroatoms. The Morgan fingerprint density at radius 1 is 0.864 bits per heavy atom. The Morgan fingerprint density at radius 2 is 1.41 bits per heavy atom. The van der Waals surface area contributed by atoms with Gasteiger partial charge in [-0.15, -0.1) is 0 Å². The highest BCUT2D eigenvalue weighted by Gasteiger charge is 2.12. The second kappa shape index (κ2) is 7.12. The van der Waals surface area contributed by atoms with Gasteiger partial charge in [0.15, 0.2) is 11.5 Å². The smallest absolute Gasteiger partial charge is 0.406 e. The normalized spacial score (nSPS) is 9.73. The molecular formula is C16H16N2O4. The van der Waals surface area contributed by atoms with Gasteiger partial charge >= 0.3 is 12.2 Å². The van der Waals surface area contributed by atoms with Crippen molar-refractivity contribution < 1.29 is 19.1 Å². The number of carbonyl (C=O) groups excluding carboxylic acids is 2. The maximum Gasteiger partial charge on any atom is 0.417 e. The first-order valence-electron chi connectivity index (χ1n) is 6.62. The summed E-state index contributed by atoms with van der Waals surface area (Å²) in [6, 6.07) is 13.7. The van der Waals surface area contributed by atoms with Gasteiger partial charge in [0.2, 0.25) is 0 Å². The molecule has 0 fully saturated rings. The first-order chi connectivity index (χ1) is 10.6. The van der Waals surface area contributed by atoms with Crippen LogP contribution in [0.2, 0.25) is 0 Å². The minimum atomic E-state index is -0.670. The van der Waals surface area contributed by atoms with E-state index in [0.717, 1.165) is 5.56 Å². The van der Waals surface area contributed by atoms with Crippen LogP contribution >= 0.6 is 0 Å². The van der Waals surface area contributed by atoms with Crippen LogP contribution in [-0.2, 0) is 0 Å². The van der Waals surface area contributed by atoms with Gasteiger partial charge in [0.05, 0.1) is 0 Å². The summed E-state index contributed by atoms with van der Waals surface area (Å²) < 4.78 is 10.2. The zero-order valence-electron chi connectivity index (χ0n) is 12.3. The second-order valence-corrected chi connectivity index (χ2v) is 4.47. The van der Waals surface area contributed by atoms with Crippen molar-refractivity contribution in [1.82, 2.24) is 5.32 Å². The van der Waals surface area contributed by atoms with Gasteiger partial charge in [-0.1, -0.05) is 29.8 Å². The highest BCUT2D eigenvalue weighted by Crippen LogP contribution is 2.27. The third-order valence-corrected chi connectivity index (χ3v) is 2.76. The summed E-state index contributed by atoms with van der Waals surface area (Å²) in [7, 11) is 1.44. The topological polar surface area (TPSA) is 76.7 Å². The number of para-hydroxylation sites is 2. The number of ether oxygens (including phenoxy) is 2. The summed E-state index contributed by atoms with van der Waals surface area (Å²) in [5.74, 6) is 0.302. The molecule has 0 aromatic heterocycles. The molecule has 6 nitrogen and oxygen atoms in total. The number of anilines is 1. The van der Waals surface area contributed by atoms with Crippen LogP contribution in [0.15, 0.2) is 48.5 Å². The van der Waals surface area contributed by atoms with Crippen LogP contribution in [0, 0.1) is 6.92 Å². The zero-order chi connectivity index (χ0) is 15.9. The number of aryl methyl sites for hydroxylation is 1. The first kappa shape index (κ1) is 15.4. The van der Waals surface area contributed by atoms with E-state index in [1.165, 1.54) is 19.2 Å². The average molecular weight is 300 g/mol. The minimum Gasteiger partial charge on any atom is -0.406 e. The highest BCUT2D eigenvalue weighted by atomic mass is 16.6. The second-order valence-electron chi connectivity index (χ2n) is 4.47. The van der Waals surface area contributed by atoms with Gasteiger partial charge in [0, 0.05) is 12.7 Å². The van der Waals surface area contributed by atoms with Gasteiger partial charge in [0.25, 0.3) is 0 Å². The third-order valence-electron chi connectivity index (χ3n) is 2.76. The van der Waals surface area contributed by atoms with Gasteiger partial charge in [-0.2, -0.15) is 0 Å². The largest absolute Gasteiger partial charge is 0.417 e. The Bertz CT molecular complexity index is 668. The lowest BCUT2D eigenvalue weighted by molar-refractivity contribution is 0.197. The molecular weight excluding hydrogens is 284 g/mol. The molecule has 0 aliphatic rings. The fourth-order valence-corrected chi connectivity index (χ4v) is 1.65. The molecule has 0 bridgehead atoms. The molecule has 22 heavy (non-hydrogen) atoms. The van der Waals surface area contributed by atoms with Crippen molar-refractivity contribution in [2.24, 2.45) is 0 Å². The molecule has 2 amide bonds. The fourth-order valence-electron chi connectivity index (χ4n) is 1.65. The lowest BCUT2D eigenvalue weighted by Gasteiger charge is -2.10. The van der Waals surface area contributed by atoms with Gasteiger partial charge in [0.1, 0.15) is 0 Å². The lowest BCUT2D eigenvalue weighted by Crippen LogP contribution is -2.23. The number of hydrogen-bond acceptors (Lipinski definition) is 4. The van der Waals surface area contributed by atoms with E-state index in [-0.39, 0.29) is 11.5 Å². The molecule has 0 aliphatic heterocycles. The average Bonchev–Trinajstić information content (AvgIpc) is 2.51. The predicted molar refractivity (Wildman–Crippen MR) is 82.4 cm³/mol. The fraction of sp³-hybridized carbons (Fsp3) is 0.125. The van der Waals surface area contributed by atoms with Crippen LogP contribution in [0.3, 0.4) is 0 Å². The molecule has 2 aromatic rings. The number of rotatable bonds is 3. The quantitative estimate of drug-likeness (QED) is 0.911. The Kier molecular flexibility index (Phi) is 4.98. The van der Waals surface area contributed by atoms with E-state index < -0.39 is 12.2 Å². The van der Waals surface area contributed by atoms with Crippen molar-refractivity contribution in [3.05, 3.63) is 54.1 Å². The molecule has 0 saturated carbocycles. The number of amides is 2. The minimum absolute atomic E-state index is 0.149. The van der Waals surface area contributed by atoms with E-state index in [1.807, 2.05) is 19.1 Å². The molecule has 2 aromatic carbocycles. The number of carbonyl (C=O) groups is 2. The SMILES string of the molecule is CNC(=O)Oc1ccccc1OC(=O)Nc1ccc(C)cc1. The standard InChI is InChI=1S/C16H16N2O4/c1-11-7-9-12(10-8-11)18-16(20)22-14-6-4-3-5-13(14)21-15(19)17-2/h3-10H,1-2H3,(H,17,19)(H,18,20). The monoisotopic (exact) mass is 300 g/mol. The molecule has 0 aliphatic carbocycles. The van der Waals surface area contributed by atoms with Gasteiger partial charge in [-0.05, 0) is 31.2 Å². The van der Waals surface area contributed by atoms with E-state index in [2.05, 4.69) is 10.6 Å². The van der Waals surface area contributed by atoms with Crippen molar-refractivity contribution in [3.63, 3.8) is 0 Å². The van der Waals surface area contributed by atoms with Crippen LogP contribution in [0.5, 0.6) is 11.5 Å². The molecule has 0 radical (unpaired) electrons. The van der Waals surface area contributed by atoms with E-state index >= 15 is 0 Å². The Morgan fingerprint density at radius 3 is 1.95 bits per heavy atom. The Hall–Kier alpha value is -3.02. The maximum atomic E-state index is 11.9. The zero-order valence-corrected chi connectivity index (χ0v) is 12.3. The summed E-state index contributed by atoms with van der Waals surface area (Å²) in [5, 5.41) is 4.92. The van der Waals surface area contributed by atoms with Gasteiger partial charge in [-0.25, -0.2) is 9.59 Å². The van der Waals surface area contributed by atoms with E-state index in [0.29, 0.717) is 5.69 Å². The van der Waals surface area contributed by atoms with Crippen LogP contribution in [0.4, 0.5) is 15.3 Å². The van der Waals surface area contributed by atoms with E-state index in [9.17, 15) is 9.59 Å². The maximum absolute atomic E-state index is 11.9. The van der Waals surface area contributed by atoms with Crippen molar-refractivity contribution in [2.75, 3.05) is 12.4 Å². The number of nitrogens with one attached hydrogen (secondary N) is 2. The van der Waals surface area contributed by atoms with Gasteiger partial charge in [-0.3, -0.25) is 5.32 Å². The number of hydrogen-bond donors (Lipinski definition) is 2.